The predicted octanol–water partition coefficient (Wildman–Crippen LogP) is 0.601. The van der Waals surface area contributed by atoms with E-state index in [4.69, 9.17) is 9.47 Å². The van der Waals surface area contributed by atoms with Crippen molar-refractivity contribution in [2.45, 2.75) is 25.9 Å². The highest BCUT2D eigenvalue weighted by Gasteiger charge is 2.50. The fraction of sp³-hybridized carbons (Fsp3) is 0.550. The lowest BCUT2D eigenvalue weighted by Gasteiger charge is -2.38. The normalized spacial score (nSPS) is 17.3. The first-order chi connectivity index (χ1) is 13.8. The summed E-state index contributed by atoms with van der Waals surface area (Å²) in [4.78, 5) is 39.3. The fourth-order valence-corrected chi connectivity index (χ4v) is 3.23. The number of carbonyl (C=O) groups is 3. The van der Waals surface area contributed by atoms with Gasteiger partial charge in [-0.05, 0) is 24.5 Å². The first kappa shape index (κ1) is 22.8. The molecule has 2 amide bonds. The van der Waals surface area contributed by atoms with Gasteiger partial charge in [-0.2, -0.15) is 0 Å². The summed E-state index contributed by atoms with van der Waals surface area (Å²) in [6.07, 6.45) is 0.156. The Morgan fingerprint density at radius 3 is 2.38 bits per heavy atom. The molecule has 0 spiro atoms. The molecule has 1 aromatic carbocycles. The van der Waals surface area contributed by atoms with Crippen molar-refractivity contribution in [1.82, 2.24) is 10.4 Å². The summed E-state index contributed by atoms with van der Waals surface area (Å²) in [5, 5.41) is 20.3. The Hall–Kier alpha value is -2.49. The molecular weight excluding hydrogens is 380 g/mol. The molecule has 9 heteroatoms. The lowest BCUT2D eigenvalue weighted by Crippen LogP contribution is -2.60. The number of ether oxygens (including phenoxy) is 2. The van der Waals surface area contributed by atoms with Crippen LogP contribution in [0.4, 0.5) is 0 Å². The molecule has 0 aliphatic carbocycles. The van der Waals surface area contributed by atoms with Crippen molar-refractivity contribution >= 4 is 17.8 Å². The van der Waals surface area contributed by atoms with Gasteiger partial charge in [0.25, 0.3) is 5.91 Å². The van der Waals surface area contributed by atoms with E-state index in [0.29, 0.717) is 26.3 Å². The molecule has 0 aromatic heterocycles. The van der Waals surface area contributed by atoms with E-state index in [0.717, 1.165) is 0 Å². The molecule has 29 heavy (non-hydrogen) atoms. The van der Waals surface area contributed by atoms with Gasteiger partial charge in [-0.3, -0.25) is 14.8 Å². The van der Waals surface area contributed by atoms with Gasteiger partial charge < -0.3 is 19.5 Å². The molecule has 1 aromatic rings. The Balaban J connectivity index is 2.26. The quantitative estimate of drug-likeness (QED) is 0.327. The zero-order valence-electron chi connectivity index (χ0n) is 16.7. The summed E-state index contributed by atoms with van der Waals surface area (Å²) >= 11 is 0. The van der Waals surface area contributed by atoms with Crippen LogP contribution < -0.4 is 5.48 Å². The molecule has 0 unspecified atom stereocenters. The smallest absolute Gasteiger partial charge is 0.338 e. The van der Waals surface area contributed by atoms with Crippen molar-refractivity contribution in [2.24, 2.45) is 11.8 Å². The van der Waals surface area contributed by atoms with Crippen LogP contribution >= 0.6 is 0 Å². The Morgan fingerprint density at radius 2 is 1.83 bits per heavy atom. The van der Waals surface area contributed by atoms with Crippen LogP contribution in [0.15, 0.2) is 30.3 Å². The molecule has 160 valence electrons. The van der Waals surface area contributed by atoms with E-state index in [-0.39, 0.29) is 17.9 Å². The number of aliphatic hydroxyl groups is 1. The van der Waals surface area contributed by atoms with E-state index in [1.54, 1.807) is 18.2 Å². The number of hydroxylamine groups is 1. The number of nitrogens with one attached hydrogen (secondary N) is 1. The number of morpholine rings is 1. The van der Waals surface area contributed by atoms with Crippen LogP contribution in [-0.4, -0.2) is 71.5 Å². The van der Waals surface area contributed by atoms with E-state index in [1.807, 2.05) is 13.8 Å². The van der Waals surface area contributed by atoms with Crippen LogP contribution in [0, 0.1) is 11.8 Å². The molecule has 1 heterocycles. The first-order valence-electron chi connectivity index (χ1n) is 9.55. The lowest BCUT2D eigenvalue weighted by molar-refractivity contribution is -0.172. The summed E-state index contributed by atoms with van der Waals surface area (Å²) in [6, 6.07) is 8.07. The Morgan fingerprint density at radius 1 is 1.21 bits per heavy atom. The Bertz CT molecular complexity index is 704. The highest BCUT2D eigenvalue weighted by atomic mass is 16.5. The lowest BCUT2D eigenvalue weighted by atomic mass is 9.80. The molecule has 0 saturated carbocycles. The minimum Gasteiger partial charge on any atom is -0.458 e. The average Bonchev–Trinajstić information content (AvgIpc) is 2.75. The first-order valence-corrected chi connectivity index (χ1v) is 9.55. The van der Waals surface area contributed by atoms with Gasteiger partial charge in [-0.15, -0.1) is 0 Å². The third kappa shape index (κ3) is 5.75. The third-order valence-corrected chi connectivity index (χ3v) is 4.83. The van der Waals surface area contributed by atoms with Gasteiger partial charge in [0, 0.05) is 13.1 Å². The monoisotopic (exact) mass is 408 g/mol. The van der Waals surface area contributed by atoms with Gasteiger partial charge in [-0.1, -0.05) is 32.0 Å². The Labute approximate surface area is 169 Å². The number of rotatable bonds is 8. The predicted molar refractivity (Wildman–Crippen MR) is 102 cm³/mol. The van der Waals surface area contributed by atoms with Gasteiger partial charge in [0.2, 0.25) is 5.91 Å². The number of benzene rings is 1. The number of nitrogens with zero attached hydrogens (tertiary/aromatic N) is 1. The van der Waals surface area contributed by atoms with E-state index < -0.39 is 35.9 Å². The van der Waals surface area contributed by atoms with Gasteiger partial charge >= 0.3 is 5.97 Å². The molecule has 2 rings (SSSR count). The summed E-state index contributed by atoms with van der Waals surface area (Å²) < 4.78 is 10.4. The fourth-order valence-electron chi connectivity index (χ4n) is 3.23. The number of hydrogen-bond acceptors (Lipinski definition) is 7. The highest BCUT2D eigenvalue weighted by Crippen LogP contribution is 2.29. The molecule has 0 radical (unpaired) electrons. The van der Waals surface area contributed by atoms with E-state index in [2.05, 4.69) is 0 Å². The van der Waals surface area contributed by atoms with Crippen molar-refractivity contribution < 1.29 is 34.2 Å². The maximum Gasteiger partial charge on any atom is 0.338 e. The minimum absolute atomic E-state index is 0.0483. The van der Waals surface area contributed by atoms with Crippen molar-refractivity contribution in [3.05, 3.63) is 35.9 Å². The second-order valence-electron chi connectivity index (χ2n) is 7.43. The van der Waals surface area contributed by atoms with Crippen molar-refractivity contribution in [2.75, 3.05) is 32.9 Å². The van der Waals surface area contributed by atoms with Crippen LogP contribution in [0.3, 0.4) is 0 Å². The minimum atomic E-state index is -2.43. The maximum absolute atomic E-state index is 13.1. The second kappa shape index (κ2) is 10.3. The van der Waals surface area contributed by atoms with E-state index >= 15 is 0 Å². The topological polar surface area (TPSA) is 125 Å². The summed E-state index contributed by atoms with van der Waals surface area (Å²) in [6.45, 7) is 4.27. The standard InChI is InChI=1S/C20H28N2O7/c1-14(2)12-16(17(23)22-8-10-28-11-9-22)20(26,19(25)21-27)13-29-18(24)15-6-4-3-5-7-15/h3-7,14,16,26-27H,8-13H2,1-2H3,(H,21,25)/t16-,20+/m0/s1. The number of esters is 1. The van der Waals surface area contributed by atoms with Gasteiger partial charge in [0.15, 0.2) is 5.60 Å². The zero-order chi connectivity index (χ0) is 21.4. The highest BCUT2D eigenvalue weighted by molar-refractivity contribution is 5.93. The Kier molecular flexibility index (Phi) is 8.12. The van der Waals surface area contributed by atoms with Crippen molar-refractivity contribution in [3.8, 4) is 0 Å². The SMILES string of the molecule is CC(C)C[C@@H](C(=O)N1CCOCC1)[C@](O)(COC(=O)c1ccccc1)C(=O)NO. The number of carbonyl (C=O) groups excluding carboxylic acids is 3. The molecule has 1 fully saturated rings. The van der Waals surface area contributed by atoms with Gasteiger partial charge in [0.05, 0.1) is 24.7 Å². The molecular formula is C20H28N2O7. The zero-order valence-corrected chi connectivity index (χ0v) is 16.7. The summed E-state index contributed by atoms with van der Waals surface area (Å²) in [7, 11) is 0. The van der Waals surface area contributed by atoms with Crippen molar-refractivity contribution in [3.63, 3.8) is 0 Å². The van der Waals surface area contributed by atoms with Crippen molar-refractivity contribution in [1.29, 1.82) is 0 Å². The van der Waals surface area contributed by atoms with Crippen LogP contribution in [0.2, 0.25) is 0 Å². The van der Waals surface area contributed by atoms with Crippen LogP contribution in [0.1, 0.15) is 30.6 Å². The molecule has 0 bridgehead atoms. The molecule has 1 saturated heterocycles. The van der Waals surface area contributed by atoms with Crippen LogP contribution in [-0.2, 0) is 19.1 Å². The average molecular weight is 408 g/mol. The summed E-state index contributed by atoms with van der Waals surface area (Å²) in [5.41, 5.74) is -0.791. The molecule has 1 aliphatic rings. The summed E-state index contributed by atoms with van der Waals surface area (Å²) in [5.74, 6) is -3.67. The van der Waals surface area contributed by atoms with Gasteiger partial charge in [-0.25, -0.2) is 10.3 Å². The number of amides is 2. The maximum atomic E-state index is 13.1. The third-order valence-electron chi connectivity index (χ3n) is 4.83. The number of hydrogen-bond donors (Lipinski definition) is 3. The van der Waals surface area contributed by atoms with E-state index in [1.165, 1.54) is 22.5 Å². The van der Waals surface area contributed by atoms with Crippen LogP contribution in [0.5, 0.6) is 0 Å². The second-order valence-corrected chi connectivity index (χ2v) is 7.43. The van der Waals surface area contributed by atoms with Crippen LogP contribution in [0.25, 0.3) is 0 Å². The molecule has 2 atom stereocenters. The molecule has 9 nitrogen and oxygen atoms in total. The molecule has 3 N–H and O–H groups in total. The van der Waals surface area contributed by atoms with Gasteiger partial charge in [0.1, 0.15) is 6.61 Å². The largest absolute Gasteiger partial charge is 0.458 e. The molecule has 1 aliphatic heterocycles. The van der Waals surface area contributed by atoms with E-state index in [9.17, 15) is 24.7 Å².